The van der Waals surface area contributed by atoms with Crippen molar-refractivity contribution in [3.63, 3.8) is 0 Å². The van der Waals surface area contributed by atoms with Crippen molar-refractivity contribution in [1.82, 2.24) is 10.1 Å². The standard InChI is InChI=1S/C17H12F4N2O3S/c18-14-10-12(15-22-16(26-23-15)17(19,20)21)7-6-11(14)8-9-27(24,25)13-4-2-1-3-5-13/h1-7,10H,8-9H2. The Morgan fingerprint density at radius 2 is 1.74 bits per heavy atom. The van der Waals surface area contributed by atoms with E-state index >= 15 is 0 Å². The highest BCUT2D eigenvalue weighted by molar-refractivity contribution is 7.91. The minimum absolute atomic E-state index is 0.0126. The highest BCUT2D eigenvalue weighted by Crippen LogP contribution is 2.29. The van der Waals surface area contributed by atoms with Crippen molar-refractivity contribution in [2.75, 3.05) is 5.75 Å². The van der Waals surface area contributed by atoms with E-state index < -0.39 is 33.5 Å². The molecule has 0 aliphatic rings. The smallest absolute Gasteiger partial charge is 0.329 e. The lowest BCUT2D eigenvalue weighted by atomic mass is 10.1. The highest BCUT2D eigenvalue weighted by atomic mass is 32.2. The number of aromatic nitrogens is 2. The molecule has 0 atom stereocenters. The molecule has 0 unspecified atom stereocenters. The van der Waals surface area contributed by atoms with E-state index in [2.05, 4.69) is 14.7 Å². The minimum Gasteiger partial charge on any atom is -0.329 e. The number of rotatable bonds is 5. The molecule has 0 N–H and O–H groups in total. The van der Waals surface area contributed by atoms with Gasteiger partial charge < -0.3 is 4.52 Å². The number of aryl methyl sites for hydroxylation is 1. The number of benzene rings is 2. The molecule has 10 heteroatoms. The zero-order chi connectivity index (χ0) is 19.7. The first-order valence-electron chi connectivity index (χ1n) is 7.64. The van der Waals surface area contributed by atoms with Crippen LogP contribution >= 0.6 is 0 Å². The summed E-state index contributed by atoms with van der Waals surface area (Å²) in [6.45, 7) is 0. The molecule has 0 aliphatic carbocycles. The van der Waals surface area contributed by atoms with E-state index in [1.54, 1.807) is 18.2 Å². The Morgan fingerprint density at radius 3 is 2.33 bits per heavy atom. The third-order valence-corrected chi connectivity index (χ3v) is 5.45. The molecule has 5 nitrogen and oxygen atoms in total. The SMILES string of the molecule is O=S(=O)(CCc1ccc(-c2noc(C(F)(F)F)n2)cc1F)c1ccccc1. The topological polar surface area (TPSA) is 73.1 Å². The Hall–Kier alpha value is -2.75. The van der Waals surface area contributed by atoms with Gasteiger partial charge in [0.1, 0.15) is 5.82 Å². The quantitative estimate of drug-likeness (QED) is 0.607. The van der Waals surface area contributed by atoms with Crippen molar-refractivity contribution in [2.45, 2.75) is 17.5 Å². The predicted octanol–water partition coefficient (Wildman–Crippen LogP) is 3.91. The average molecular weight is 400 g/mol. The Bertz CT molecular complexity index is 1050. The van der Waals surface area contributed by atoms with E-state index in [0.717, 1.165) is 6.07 Å². The van der Waals surface area contributed by atoms with Crippen LogP contribution in [0.3, 0.4) is 0 Å². The van der Waals surface area contributed by atoms with E-state index in [9.17, 15) is 26.0 Å². The second-order valence-corrected chi connectivity index (χ2v) is 7.72. The van der Waals surface area contributed by atoms with Crippen molar-refractivity contribution in [1.29, 1.82) is 0 Å². The van der Waals surface area contributed by atoms with Crippen molar-refractivity contribution in [3.05, 3.63) is 65.8 Å². The molecule has 0 radical (unpaired) electrons. The van der Waals surface area contributed by atoms with Gasteiger partial charge in [-0.05, 0) is 30.2 Å². The molecular weight excluding hydrogens is 388 g/mol. The lowest BCUT2D eigenvalue weighted by Gasteiger charge is -2.06. The monoisotopic (exact) mass is 400 g/mol. The maximum absolute atomic E-state index is 14.3. The number of sulfone groups is 1. The van der Waals surface area contributed by atoms with Crippen molar-refractivity contribution >= 4 is 9.84 Å². The van der Waals surface area contributed by atoms with Crippen LogP contribution in [-0.2, 0) is 22.4 Å². The molecule has 1 aromatic heterocycles. The maximum atomic E-state index is 14.3. The summed E-state index contributed by atoms with van der Waals surface area (Å²) in [6, 6.07) is 11.3. The number of nitrogens with zero attached hydrogens (tertiary/aromatic N) is 2. The summed E-state index contributed by atoms with van der Waals surface area (Å²) in [5.74, 6) is -3.02. The highest BCUT2D eigenvalue weighted by Gasteiger charge is 2.38. The van der Waals surface area contributed by atoms with Crippen molar-refractivity contribution in [2.24, 2.45) is 0 Å². The van der Waals surface area contributed by atoms with Gasteiger partial charge in [0, 0.05) is 5.56 Å². The molecule has 0 amide bonds. The van der Waals surface area contributed by atoms with E-state index in [-0.39, 0.29) is 28.2 Å². The van der Waals surface area contributed by atoms with Crippen molar-refractivity contribution < 1.29 is 30.5 Å². The van der Waals surface area contributed by atoms with Gasteiger partial charge in [-0.1, -0.05) is 35.5 Å². The first-order chi connectivity index (χ1) is 12.7. The first kappa shape index (κ1) is 19.0. The van der Waals surface area contributed by atoms with Gasteiger partial charge >= 0.3 is 12.1 Å². The lowest BCUT2D eigenvalue weighted by Crippen LogP contribution is -2.10. The zero-order valence-electron chi connectivity index (χ0n) is 13.6. The van der Waals surface area contributed by atoms with E-state index in [4.69, 9.17) is 0 Å². The average Bonchev–Trinajstić information content (AvgIpc) is 3.12. The molecule has 0 fully saturated rings. The fraction of sp³-hybridized carbons (Fsp3) is 0.176. The van der Waals surface area contributed by atoms with Crippen LogP contribution in [0.1, 0.15) is 11.5 Å². The van der Waals surface area contributed by atoms with Gasteiger partial charge in [0.05, 0.1) is 10.6 Å². The van der Waals surface area contributed by atoms with Gasteiger partial charge in [0.2, 0.25) is 5.82 Å². The zero-order valence-corrected chi connectivity index (χ0v) is 14.4. The molecule has 3 aromatic rings. The molecule has 3 rings (SSSR count). The number of hydrogen-bond donors (Lipinski definition) is 0. The summed E-state index contributed by atoms with van der Waals surface area (Å²) >= 11 is 0. The summed E-state index contributed by atoms with van der Waals surface area (Å²) in [5, 5.41) is 3.18. The maximum Gasteiger partial charge on any atom is 0.471 e. The fourth-order valence-electron chi connectivity index (χ4n) is 2.34. The van der Waals surface area contributed by atoms with Gasteiger partial charge in [-0.25, -0.2) is 12.8 Å². The van der Waals surface area contributed by atoms with E-state index in [1.807, 2.05) is 0 Å². The fourth-order valence-corrected chi connectivity index (χ4v) is 3.63. The van der Waals surface area contributed by atoms with Gasteiger partial charge in [0.25, 0.3) is 0 Å². The van der Waals surface area contributed by atoms with E-state index in [0.29, 0.717) is 0 Å². The second kappa shape index (κ2) is 7.10. The van der Waals surface area contributed by atoms with Crippen LogP contribution in [0.2, 0.25) is 0 Å². The third-order valence-electron chi connectivity index (χ3n) is 3.72. The largest absolute Gasteiger partial charge is 0.471 e. The van der Waals surface area contributed by atoms with E-state index in [1.165, 1.54) is 24.3 Å². The lowest BCUT2D eigenvalue weighted by molar-refractivity contribution is -0.159. The molecule has 0 aliphatic heterocycles. The van der Waals surface area contributed by atoms with Crippen molar-refractivity contribution in [3.8, 4) is 11.4 Å². The number of alkyl halides is 3. The summed E-state index contributed by atoms with van der Waals surface area (Å²) in [5.41, 5.74) is 0.0965. The van der Waals surface area contributed by atoms with Crippen LogP contribution < -0.4 is 0 Å². The molecular formula is C17H12F4N2O3S. The summed E-state index contributed by atoms with van der Waals surface area (Å²) in [7, 11) is -3.58. The molecule has 1 heterocycles. The first-order valence-corrected chi connectivity index (χ1v) is 9.29. The summed E-state index contributed by atoms with van der Waals surface area (Å²) in [4.78, 5) is 3.31. The molecule has 0 saturated heterocycles. The molecule has 0 bridgehead atoms. The molecule has 0 saturated carbocycles. The van der Waals surface area contributed by atoms with Crippen LogP contribution in [0.5, 0.6) is 0 Å². The second-order valence-electron chi connectivity index (χ2n) is 5.61. The van der Waals surface area contributed by atoms with Crippen LogP contribution in [0.25, 0.3) is 11.4 Å². The number of hydrogen-bond acceptors (Lipinski definition) is 5. The van der Waals surface area contributed by atoms with Crippen LogP contribution in [0.15, 0.2) is 57.9 Å². The summed E-state index contributed by atoms with van der Waals surface area (Å²) in [6.07, 6.45) is -4.89. The number of halogens is 4. The Morgan fingerprint density at radius 1 is 1.04 bits per heavy atom. The minimum atomic E-state index is -4.80. The molecule has 0 spiro atoms. The molecule has 142 valence electrons. The molecule has 2 aromatic carbocycles. The summed E-state index contributed by atoms with van der Waals surface area (Å²) < 4.78 is 80.3. The Balaban J connectivity index is 1.77. The Kier molecular flexibility index (Phi) is 5.01. The third kappa shape index (κ3) is 4.33. The Labute approximate surface area is 151 Å². The van der Waals surface area contributed by atoms with Gasteiger partial charge in [-0.15, -0.1) is 0 Å². The van der Waals surface area contributed by atoms with Crippen LogP contribution in [0.4, 0.5) is 17.6 Å². The van der Waals surface area contributed by atoms with Crippen LogP contribution in [-0.4, -0.2) is 24.3 Å². The van der Waals surface area contributed by atoms with Gasteiger partial charge in [-0.3, -0.25) is 0 Å². The van der Waals surface area contributed by atoms with Gasteiger partial charge in [0.15, 0.2) is 9.84 Å². The molecule has 27 heavy (non-hydrogen) atoms. The van der Waals surface area contributed by atoms with Crippen LogP contribution in [0, 0.1) is 5.82 Å². The normalized spacial score (nSPS) is 12.3. The van der Waals surface area contributed by atoms with Gasteiger partial charge in [-0.2, -0.15) is 18.2 Å². The predicted molar refractivity (Wildman–Crippen MR) is 86.9 cm³/mol.